The van der Waals surface area contributed by atoms with Crippen LogP contribution in [0, 0.1) is 22.7 Å². The number of carboxylic acid groups (broad SMARTS) is 1. The van der Waals surface area contributed by atoms with Crippen molar-refractivity contribution in [3.8, 4) is 12.1 Å². The van der Waals surface area contributed by atoms with Crippen molar-refractivity contribution in [1.82, 2.24) is 19.7 Å². The normalized spacial score (nSPS) is 10.8. The Hall–Kier alpha value is -6.38. The van der Waals surface area contributed by atoms with Gasteiger partial charge in [-0.1, -0.05) is 64.5 Å². The van der Waals surface area contributed by atoms with Gasteiger partial charge < -0.3 is 19.4 Å². The highest BCUT2D eigenvalue weighted by atomic mass is 79.9. The summed E-state index contributed by atoms with van der Waals surface area (Å²) in [6.07, 6.45) is -0.939. The topological polar surface area (TPSA) is 143 Å². The van der Waals surface area contributed by atoms with Gasteiger partial charge in [-0.2, -0.15) is 28.3 Å². The van der Waals surface area contributed by atoms with E-state index in [4.69, 9.17) is 15.2 Å². The smallest absolute Gasteiger partial charge is 0.430 e. The number of amides is 1. The van der Waals surface area contributed by atoms with Crippen molar-refractivity contribution in [2.75, 3.05) is 6.54 Å². The first-order valence-corrected chi connectivity index (χ1v) is 16.8. The molecule has 0 aliphatic rings. The first-order chi connectivity index (χ1) is 25.4. The fraction of sp³-hybridized carbons (Fsp3) is 0.154. The molecule has 0 unspecified atom stereocenters. The molecule has 14 heteroatoms. The minimum absolute atomic E-state index is 0.107. The molecule has 0 N–H and O–H groups in total. The number of fused-ring (bicyclic) bond motifs is 1. The van der Waals surface area contributed by atoms with Gasteiger partial charge in [-0.15, -0.1) is 10.2 Å². The van der Waals surface area contributed by atoms with Gasteiger partial charge >= 0.3 is 6.18 Å². The van der Waals surface area contributed by atoms with Gasteiger partial charge in [0.05, 0.1) is 36.4 Å². The van der Waals surface area contributed by atoms with Crippen LogP contribution in [0.2, 0.25) is 0 Å². The third kappa shape index (κ3) is 10.3. The largest absolute Gasteiger partial charge is 0.542 e. The van der Waals surface area contributed by atoms with Gasteiger partial charge in [-0.05, 0) is 66.1 Å². The second-order valence-corrected chi connectivity index (χ2v) is 12.7. The lowest BCUT2D eigenvalue weighted by Gasteiger charge is -2.23. The summed E-state index contributed by atoms with van der Waals surface area (Å²) in [5.74, 6) is -2.45. The Balaban J connectivity index is 0.000000705. The van der Waals surface area contributed by atoms with E-state index in [0.29, 0.717) is 48.6 Å². The van der Waals surface area contributed by atoms with Gasteiger partial charge in [0.25, 0.3) is 5.91 Å². The number of carboxylic acids is 1. The molecule has 0 saturated carbocycles. The van der Waals surface area contributed by atoms with Crippen molar-refractivity contribution < 1.29 is 32.4 Å². The standard InChI is InChI=1S/C37H29BrN7O.C2HF3O2/c38-34-15-13-27(14-16-34)17-18-43(25-36-42-41-26-45(36)23-31-11-7-29(21-40)8-12-31)37(46)33-19-32-3-1-2-4-35(32)44(24-33)22-30-9-5-28(20-39)6-10-30;3-2(4,5)1(6)7/h1-16,19,24,26H,17-18,22-23,25H2;(H,6,7)/q+1;/p-1. The summed E-state index contributed by atoms with van der Waals surface area (Å²) in [5.41, 5.74) is 5.94. The molecule has 0 fully saturated rings. The lowest BCUT2D eigenvalue weighted by Crippen LogP contribution is -2.39. The predicted molar refractivity (Wildman–Crippen MR) is 188 cm³/mol. The second kappa shape index (κ2) is 17.2. The van der Waals surface area contributed by atoms with Crippen LogP contribution in [0.5, 0.6) is 0 Å². The minimum atomic E-state index is -5.19. The number of carbonyl (C=O) groups excluding carboxylic acids is 2. The highest BCUT2D eigenvalue weighted by Gasteiger charge is 2.29. The molecular weight excluding hydrogens is 751 g/mol. The Labute approximate surface area is 310 Å². The first kappa shape index (κ1) is 37.9. The molecule has 0 bridgehead atoms. The number of pyridine rings is 1. The number of para-hydroxylation sites is 1. The van der Waals surface area contributed by atoms with Crippen LogP contribution in [0.3, 0.4) is 0 Å². The molecule has 0 radical (unpaired) electrons. The molecule has 53 heavy (non-hydrogen) atoms. The zero-order valence-electron chi connectivity index (χ0n) is 27.9. The molecule has 0 atom stereocenters. The van der Waals surface area contributed by atoms with Gasteiger partial charge in [0.15, 0.2) is 18.6 Å². The summed E-state index contributed by atoms with van der Waals surface area (Å²) in [7, 11) is 0. The van der Waals surface area contributed by atoms with Crippen molar-refractivity contribution in [3.63, 3.8) is 0 Å². The van der Waals surface area contributed by atoms with Crippen molar-refractivity contribution in [2.45, 2.75) is 32.2 Å². The van der Waals surface area contributed by atoms with E-state index < -0.39 is 12.1 Å². The average Bonchev–Trinajstić information content (AvgIpc) is 3.60. The van der Waals surface area contributed by atoms with Crippen LogP contribution in [0.25, 0.3) is 10.9 Å². The van der Waals surface area contributed by atoms with Crippen LogP contribution in [0.4, 0.5) is 13.2 Å². The van der Waals surface area contributed by atoms with E-state index in [1.807, 2.05) is 94.5 Å². The van der Waals surface area contributed by atoms with E-state index in [9.17, 15) is 23.2 Å². The van der Waals surface area contributed by atoms with Crippen LogP contribution >= 0.6 is 15.9 Å². The maximum absolute atomic E-state index is 14.4. The molecular formula is C39H29BrF3N7O3. The fourth-order valence-electron chi connectivity index (χ4n) is 5.38. The third-order valence-electron chi connectivity index (χ3n) is 8.10. The lowest BCUT2D eigenvalue weighted by molar-refractivity contribution is -0.662. The number of nitriles is 2. The number of hydrogen-bond acceptors (Lipinski definition) is 7. The number of nitrogens with zero attached hydrogens (tertiary/aromatic N) is 7. The van der Waals surface area contributed by atoms with E-state index >= 15 is 0 Å². The molecule has 6 aromatic rings. The minimum Gasteiger partial charge on any atom is -0.542 e. The van der Waals surface area contributed by atoms with E-state index in [0.717, 1.165) is 32.1 Å². The molecule has 0 aliphatic carbocycles. The van der Waals surface area contributed by atoms with Gasteiger partial charge in [0, 0.05) is 28.0 Å². The van der Waals surface area contributed by atoms with Gasteiger partial charge in [0.2, 0.25) is 5.52 Å². The molecule has 10 nitrogen and oxygen atoms in total. The molecule has 6 rings (SSSR count). The summed E-state index contributed by atoms with van der Waals surface area (Å²) >= 11 is 3.50. The van der Waals surface area contributed by atoms with Crippen molar-refractivity contribution in [3.05, 3.63) is 159 Å². The number of benzene rings is 4. The number of rotatable bonds is 10. The van der Waals surface area contributed by atoms with Crippen LogP contribution in [-0.4, -0.2) is 44.3 Å². The molecule has 0 saturated heterocycles. The number of hydrogen-bond donors (Lipinski definition) is 0. The number of aliphatic carboxylic acids is 1. The zero-order chi connectivity index (χ0) is 38.0. The van der Waals surface area contributed by atoms with E-state index in [1.165, 1.54) is 0 Å². The van der Waals surface area contributed by atoms with Crippen molar-refractivity contribution in [1.29, 1.82) is 10.5 Å². The summed E-state index contributed by atoms with van der Waals surface area (Å²) < 4.78 is 36.6. The number of halogens is 4. The van der Waals surface area contributed by atoms with E-state index in [-0.39, 0.29) is 12.5 Å². The van der Waals surface area contributed by atoms with Gasteiger partial charge in [-0.25, -0.2) is 0 Å². The average molecular weight is 781 g/mol. The molecule has 1 amide bonds. The Morgan fingerprint density at radius 3 is 2.06 bits per heavy atom. The van der Waals surface area contributed by atoms with Crippen molar-refractivity contribution in [2.24, 2.45) is 0 Å². The maximum Gasteiger partial charge on any atom is 0.430 e. The van der Waals surface area contributed by atoms with Crippen LogP contribution in [0.1, 0.15) is 44.0 Å². The fourth-order valence-corrected chi connectivity index (χ4v) is 5.64. The zero-order valence-corrected chi connectivity index (χ0v) is 29.5. The maximum atomic E-state index is 14.4. The Morgan fingerprint density at radius 1 is 0.868 bits per heavy atom. The predicted octanol–water partition coefficient (Wildman–Crippen LogP) is 5.50. The monoisotopic (exact) mass is 779 g/mol. The number of aromatic nitrogens is 4. The lowest BCUT2D eigenvalue weighted by atomic mass is 10.1. The van der Waals surface area contributed by atoms with Crippen molar-refractivity contribution >= 4 is 38.7 Å². The van der Waals surface area contributed by atoms with Crippen LogP contribution < -0.4 is 9.67 Å². The van der Waals surface area contributed by atoms with Crippen LogP contribution in [0.15, 0.2) is 120 Å². The molecule has 2 aromatic heterocycles. The number of carbonyl (C=O) groups is 2. The molecule has 2 heterocycles. The van der Waals surface area contributed by atoms with Gasteiger partial charge in [0.1, 0.15) is 17.9 Å². The summed E-state index contributed by atoms with van der Waals surface area (Å²) in [6, 6.07) is 37.3. The third-order valence-corrected chi connectivity index (χ3v) is 8.63. The SMILES string of the molecule is N#Cc1ccc(Cn2cnnc2CN(CCc2ccc(Br)cc2)C(=O)c2cc3ccccc3[n+](Cc3ccc(C#N)cc3)c2)cc1.O=C([O-])C(F)(F)F. The molecule has 4 aromatic carbocycles. The Kier molecular flexibility index (Phi) is 12.3. The molecule has 0 aliphatic heterocycles. The Morgan fingerprint density at radius 2 is 1.45 bits per heavy atom. The van der Waals surface area contributed by atoms with Gasteiger partial charge in [-0.3, -0.25) is 4.79 Å². The summed E-state index contributed by atoms with van der Waals surface area (Å²) in [5, 5.41) is 36.7. The number of alkyl halides is 3. The van der Waals surface area contributed by atoms with E-state index in [1.54, 1.807) is 18.5 Å². The van der Waals surface area contributed by atoms with Crippen LogP contribution in [-0.2, 0) is 30.8 Å². The quantitative estimate of drug-likeness (QED) is 0.167. The summed E-state index contributed by atoms with van der Waals surface area (Å²) in [6.45, 7) is 1.81. The highest BCUT2D eigenvalue weighted by Crippen LogP contribution is 2.18. The molecule has 0 spiro atoms. The molecule has 266 valence electrons. The second-order valence-electron chi connectivity index (χ2n) is 11.8. The summed E-state index contributed by atoms with van der Waals surface area (Å²) in [4.78, 5) is 25.0. The van der Waals surface area contributed by atoms with E-state index in [2.05, 4.69) is 55.0 Å². The highest BCUT2D eigenvalue weighted by molar-refractivity contribution is 9.10. The Bertz CT molecular complexity index is 2300. The first-order valence-electron chi connectivity index (χ1n) is 16.0.